The molecule has 0 aliphatic heterocycles. The number of hydrogen-bond donors (Lipinski definition) is 2. The summed E-state index contributed by atoms with van der Waals surface area (Å²) in [5.74, 6) is -0.963. The summed E-state index contributed by atoms with van der Waals surface area (Å²) in [6.45, 7) is 1.42. The minimum Gasteiger partial charge on any atom is -0.480 e. The van der Waals surface area contributed by atoms with Crippen LogP contribution in [0.4, 0.5) is 0 Å². The van der Waals surface area contributed by atoms with E-state index in [0.717, 1.165) is 0 Å². The van der Waals surface area contributed by atoms with Crippen LogP contribution in [0.1, 0.15) is 6.92 Å². The standard InChI is InChI=1S/C3H7NO2.S/c1-2(4)3(5)6;/h2H,4H2,1H3,(H,5,6);/t2-;/m0./s1. The zero-order chi connectivity index (χ0) is 5.15. The predicted molar refractivity (Wildman–Crippen MR) is 28.9 cm³/mol. The molecule has 0 aromatic carbocycles. The Morgan fingerprint density at radius 3 is 2.00 bits per heavy atom. The van der Waals surface area contributed by atoms with E-state index < -0.39 is 12.0 Å². The zero-order valence-electron chi connectivity index (χ0n) is 3.92. The van der Waals surface area contributed by atoms with Crippen LogP contribution in [0.3, 0.4) is 0 Å². The molecule has 4 heteroatoms. The Kier molecular flexibility index (Phi) is 5.60. The van der Waals surface area contributed by atoms with E-state index in [2.05, 4.69) is 0 Å². The van der Waals surface area contributed by atoms with Gasteiger partial charge in [-0.1, -0.05) is 0 Å². The van der Waals surface area contributed by atoms with Gasteiger partial charge in [0.2, 0.25) is 0 Å². The summed E-state index contributed by atoms with van der Waals surface area (Å²) in [5, 5.41) is 7.87. The highest BCUT2D eigenvalue weighted by atomic mass is 32.1. The molecule has 0 aliphatic rings. The van der Waals surface area contributed by atoms with E-state index in [0.29, 0.717) is 0 Å². The van der Waals surface area contributed by atoms with Crippen LogP contribution >= 0.6 is 13.5 Å². The van der Waals surface area contributed by atoms with Gasteiger partial charge in [-0.15, -0.1) is 0 Å². The van der Waals surface area contributed by atoms with Gasteiger partial charge >= 0.3 is 5.97 Å². The highest BCUT2D eigenvalue weighted by Gasteiger charge is 1.99. The molecule has 0 rings (SSSR count). The third kappa shape index (κ3) is 5.78. The Balaban J connectivity index is 0. The molecule has 42 valence electrons. The first-order chi connectivity index (χ1) is 2.64. The molecule has 0 saturated heterocycles. The second kappa shape index (κ2) is 3.95. The van der Waals surface area contributed by atoms with Gasteiger partial charge < -0.3 is 10.8 Å². The fourth-order valence-corrected chi connectivity index (χ4v) is 0. The topological polar surface area (TPSA) is 63.3 Å². The van der Waals surface area contributed by atoms with Gasteiger partial charge in [-0.3, -0.25) is 4.79 Å². The quantitative estimate of drug-likeness (QED) is 0.516. The summed E-state index contributed by atoms with van der Waals surface area (Å²) in [7, 11) is 0. The molecule has 3 N–H and O–H groups in total. The molecule has 0 aromatic heterocycles. The lowest BCUT2D eigenvalue weighted by molar-refractivity contribution is -0.138. The van der Waals surface area contributed by atoms with E-state index in [1.54, 1.807) is 0 Å². The second-order valence-corrected chi connectivity index (χ2v) is 1.13. The SMILES string of the molecule is C[C@H](N)C(=O)O.[S]. The maximum Gasteiger partial charge on any atom is 0.320 e. The van der Waals surface area contributed by atoms with E-state index in [1.165, 1.54) is 6.92 Å². The number of hydrogen-bond acceptors (Lipinski definition) is 2. The molecule has 1 atom stereocenters. The molecule has 3 nitrogen and oxygen atoms in total. The van der Waals surface area contributed by atoms with Gasteiger partial charge in [0.25, 0.3) is 0 Å². The highest BCUT2D eigenvalue weighted by Crippen LogP contribution is 1.68. The minimum absolute atomic E-state index is 0. The third-order valence-electron chi connectivity index (χ3n) is 0.390. The Hall–Kier alpha value is -0.220. The minimum atomic E-state index is -0.963. The van der Waals surface area contributed by atoms with Crippen molar-refractivity contribution in [3.05, 3.63) is 0 Å². The van der Waals surface area contributed by atoms with Crippen LogP contribution in [0, 0.1) is 0 Å². The van der Waals surface area contributed by atoms with Crippen molar-refractivity contribution in [1.82, 2.24) is 0 Å². The first kappa shape index (κ1) is 9.91. The van der Waals surface area contributed by atoms with E-state index in [-0.39, 0.29) is 13.5 Å². The van der Waals surface area contributed by atoms with Crippen molar-refractivity contribution in [2.45, 2.75) is 13.0 Å². The molecule has 0 unspecified atom stereocenters. The second-order valence-electron chi connectivity index (χ2n) is 1.13. The summed E-state index contributed by atoms with van der Waals surface area (Å²) in [6.07, 6.45) is 0. The molecule has 0 bridgehead atoms. The van der Waals surface area contributed by atoms with Crippen molar-refractivity contribution in [2.75, 3.05) is 0 Å². The molecule has 0 saturated carbocycles. The maximum atomic E-state index is 9.57. The first-order valence-corrected chi connectivity index (χ1v) is 1.63. The van der Waals surface area contributed by atoms with Crippen LogP contribution in [-0.4, -0.2) is 17.1 Å². The van der Waals surface area contributed by atoms with Gasteiger partial charge in [0.05, 0.1) is 0 Å². The number of rotatable bonds is 1. The Bertz CT molecular complexity index is 64.0. The van der Waals surface area contributed by atoms with Crippen LogP contribution in [0.2, 0.25) is 0 Å². The smallest absolute Gasteiger partial charge is 0.320 e. The Morgan fingerprint density at radius 2 is 2.00 bits per heavy atom. The van der Waals surface area contributed by atoms with E-state index in [9.17, 15) is 4.79 Å². The monoisotopic (exact) mass is 121 g/mol. The zero-order valence-corrected chi connectivity index (χ0v) is 4.73. The predicted octanol–water partition coefficient (Wildman–Crippen LogP) is 0.0664. The molecular weight excluding hydrogens is 114 g/mol. The summed E-state index contributed by atoms with van der Waals surface area (Å²) >= 11 is 0. The van der Waals surface area contributed by atoms with Gasteiger partial charge in [0, 0.05) is 13.5 Å². The summed E-state index contributed by atoms with van der Waals surface area (Å²) in [6, 6.07) is -0.731. The number of carbonyl (C=O) groups is 1. The first-order valence-electron chi connectivity index (χ1n) is 1.63. The average Bonchev–Trinajstić information content (AvgIpc) is 1.36. The van der Waals surface area contributed by atoms with Crippen LogP contribution in [0.25, 0.3) is 0 Å². The van der Waals surface area contributed by atoms with Crippen LogP contribution in [0.5, 0.6) is 0 Å². The van der Waals surface area contributed by atoms with E-state index in [1.807, 2.05) is 0 Å². The maximum absolute atomic E-state index is 9.57. The normalized spacial score (nSPS) is 11.7. The Morgan fingerprint density at radius 1 is 1.86 bits per heavy atom. The molecule has 0 fully saturated rings. The number of carboxylic acids is 1. The van der Waals surface area contributed by atoms with Crippen LogP contribution in [0.15, 0.2) is 0 Å². The summed E-state index contributed by atoms with van der Waals surface area (Å²) < 4.78 is 0. The molecule has 0 heterocycles. The lowest BCUT2D eigenvalue weighted by Gasteiger charge is -1.90. The molecule has 0 aromatic rings. The van der Waals surface area contributed by atoms with Crippen molar-refractivity contribution in [3.63, 3.8) is 0 Å². The van der Waals surface area contributed by atoms with Crippen molar-refractivity contribution >= 4 is 19.5 Å². The van der Waals surface area contributed by atoms with Gasteiger partial charge in [-0.05, 0) is 6.92 Å². The van der Waals surface area contributed by atoms with Crippen molar-refractivity contribution in [2.24, 2.45) is 5.73 Å². The summed E-state index contributed by atoms with van der Waals surface area (Å²) in [4.78, 5) is 9.57. The Labute approximate surface area is 49.0 Å². The highest BCUT2D eigenvalue weighted by molar-refractivity contribution is 7.59. The van der Waals surface area contributed by atoms with Gasteiger partial charge in [0.1, 0.15) is 6.04 Å². The van der Waals surface area contributed by atoms with Crippen molar-refractivity contribution in [3.8, 4) is 0 Å². The molecule has 0 aliphatic carbocycles. The van der Waals surface area contributed by atoms with Crippen molar-refractivity contribution in [1.29, 1.82) is 0 Å². The number of carboxylic acid groups (broad SMARTS) is 1. The number of nitrogens with two attached hydrogens (primary N) is 1. The molecule has 0 spiro atoms. The fourth-order valence-electron chi connectivity index (χ4n) is 0. The van der Waals surface area contributed by atoms with Crippen LogP contribution < -0.4 is 5.73 Å². The van der Waals surface area contributed by atoms with Gasteiger partial charge in [-0.2, -0.15) is 0 Å². The largest absolute Gasteiger partial charge is 0.480 e. The average molecular weight is 121 g/mol. The van der Waals surface area contributed by atoms with E-state index in [4.69, 9.17) is 10.8 Å². The molecule has 7 heavy (non-hydrogen) atoms. The third-order valence-corrected chi connectivity index (χ3v) is 0.390. The molecule has 2 radical (unpaired) electrons. The fraction of sp³-hybridized carbons (Fsp3) is 0.667. The molecular formula is C3H7NO2S. The number of aliphatic carboxylic acids is 1. The van der Waals surface area contributed by atoms with Gasteiger partial charge in [-0.25, -0.2) is 0 Å². The molecule has 0 amide bonds. The van der Waals surface area contributed by atoms with E-state index >= 15 is 0 Å². The van der Waals surface area contributed by atoms with Crippen LogP contribution in [-0.2, 0) is 4.79 Å². The van der Waals surface area contributed by atoms with Crippen molar-refractivity contribution < 1.29 is 9.90 Å². The summed E-state index contributed by atoms with van der Waals surface area (Å²) in [5.41, 5.74) is 4.84. The van der Waals surface area contributed by atoms with Gasteiger partial charge in [0.15, 0.2) is 0 Å². The lowest BCUT2D eigenvalue weighted by Crippen LogP contribution is -2.25. The lowest BCUT2D eigenvalue weighted by atomic mass is 10.4.